The summed E-state index contributed by atoms with van der Waals surface area (Å²) in [5, 5.41) is 11.5. The number of carbonyl (C=O) groups is 2. The van der Waals surface area contributed by atoms with Crippen LogP contribution in [-0.4, -0.2) is 42.7 Å². The molecule has 8 nitrogen and oxygen atoms in total. The van der Waals surface area contributed by atoms with Crippen LogP contribution in [0.15, 0.2) is 18.2 Å². The summed E-state index contributed by atoms with van der Waals surface area (Å²) in [5.74, 6) is -0.876. The van der Waals surface area contributed by atoms with E-state index in [1.54, 1.807) is 6.07 Å². The van der Waals surface area contributed by atoms with Gasteiger partial charge in [0.1, 0.15) is 5.69 Å². The lowest BCUT2D eigenvalue weighted by molar-refractivity contribution is -0.384. The van der Waals surface area contributed by atoms with Crippen molar-refractivity contribution in [1.29, 1.82) is 0 Å². The van der Waals surface area contributed by atoms with Crippen molar-refractivity contribution in [2.24, 2.45) is 5.92 Å². The van der Waals surface area contributed by atoms with E-state index >= 15 is 0 Å². The Morgan fingerprint density at radius 3 is 2.84 bits per heavy atom. The fourth-order valence-corrected chi connectivity index (χ4v) is 3.25. The first-order valence-corrected chi connectivity index (χ1v) is 8.36. The molecule has 2 saturated heterocycles. The highest BCUT2D eigenvalue weighted by molar-refractivity contribution is 5.93. The number of nitro benzene ring substituents is 1. The van der Waals surface area contributed by atoms with Crippen LogP contribution in [0, 0.1) is 16.0 Å². The van der Waals surface area contributed by atoms with Gasteiger partial charge in [-0.15, -0.1) is 0 Å². The quantitative estimate of drug-likeness (QED) is 0.467. The molecule has 0 spiro atoms. The molecule has 0 aliphatic carbocycles. The Kier molecular flexibility index (Phi) is 4.87. The Hall–Kier alpha value is -2.64. The third kappa shape index (κ3) is 3.72. The van der Waals surface area contributed by atoms with Crippen LogP contribution < -0.4 is 4.90 Å². The van der Waals surface area contributed by atoms with E-state index in [4.69, 9.17) is 9.47 Å². The minimum absolute atomic E-state index is 0.0557. The lowest BCUT2D eigenvalue weighted by Crippen LogP contribution is -2.34. The van der Waals surface area contributed by atoms with Gasteiger partial charge in [0, 0.05) is 25.6 Å². The molecule has 1 aromatic carbocycles. The van der Waals surface area contributed by atoms with Crippen LogP contribution in [0.3, 0.4) is 0 Å². The Bertz CT molecular complexity index is 704. The number of nitro groups is 1. The second-order valence-electron chi connectivity index (χ2n) is 6.50. The maximum absolute atomic E-state index is 12.2. The molecule has 2 unspecified atom stereocenters. The second kappa shape index (κ2) is 7.08. The monoisotopic (exact) mass is 348 g/mol. The Morgan fingerprint density at radius 1 is 1.40 bits per heavy atom. The smallest absolute Gasteiger partial charge is 0.347 e. The van der Waals surface area contributed by atoms with E-state index in [1.165, 1.54) is 12.1 Å². The number of nitrogens with zero attached hydrogens (tertiary/aromatic N) is 2. The highest BCUT2D eigenvalue weighted by Gasteiger charge is 2.31. The molecule has 0 amide bonds. The SMILES string of the molecule is CC1CCCN(c2ccc(C(=O)OC3CCOC3=O)cc2[N+](=O)[O-])C1. The van der Waals surface area contributed by atoms with E-state index in [-0.39, 0.29) is 17.9 Å². The number of hydrogen-bond acceptors (Lipinski definition) is 7. The minimum Gasteiger partial charge on any atom is -0.463 e. The first-order chi connectivity index (χ1) is 12.0. The molecule has 2 atom stereocenters. The zero-order chi connectivity index (χ0) is 18.0. The molecule has 1 aromatic rings. The molecule has 2 aliphatic heterocycles. The van der Waals surface area contributed by atoms with Gasteiger partial charge in [-0.05, 0) is 30.9 Å². The first kappa shape index (κ1) is 17.2. The Labute approximate surface area is 144 Å². The van der Waals surface area contributed by atoms with Crippen molar-refractivity contribution in [3.05, 3.63) is 33.9 Å². The van der Waals surface area contributed by atoms with Crippen molar-refractivity contribution < 1.29 is 24.0 Å². The van der Waals surface area contributed by atoms with Gasteiger partial charge < -0.3 is 14.4 Å². The standard InChI is InChI=1S/C17H20N2O6/c1-11-3-2-7-18(10-11)13-5-4-12(9-14(13)19(22)23)16(20)25-15-6-8-24-17(15)21/h4-5,9,11,15H,2-3,6-8,10H2,1H3. The maximum atomic E-state index is 12.2. The van der Waals surface area contributed by atoms with Gasteiger partial charge in [-0.2, -0.15) is 0 Å². The molecule has 25 heavy (non-hydrogen) atoms. The largest absolute Gasteiger partial charge is 0.463 e. The zero-order valence-corrected chi connectivity index (χ0v) is 14.0. The minimum atomic E-state index is -0.936. The number of rotatable bonds is 4. The maximum Gasteiger partial charge on any atom is 0.347 e. The van der Waals surface area contributed by atoms with Gasteiger partial charge in [0.05, 0.1) is 17.1 Å². The van der Waals surface area contributed by atoms with Crippen molar-refractivity contribution >= 4 is 23.3 Å². The summed E-state index contributed by atoms with van der Waals surface area (Å²) in [4.78, 5) is 36.5. The summed E-state index contributed by atoms with van der Waals surface area (Å²) in [5.41, 5.74) is 0.436. The summed E-state index contributed by atoms with van der Waals surface area (Å²) in [6, 6.07) is 4.31. The van der Waals surface area contributed by atoms with E-state index < -0.39 is 23.0 Å². The van der Waals surface area contributed by atoms with E-state index in [9.17, 15) is 19.7 Å². The highest BCUT2D eigenvalue weighted by Crippen LogP contribution is 2.32. The third-order valence-electron chi connectivity index (χ3n) is 4.54. The van der Waals surface area contributed by atoms with Crippen LogP contribution in [0.25, 0.3) is 0 Å². The summed E-state index contributed by atoms with van der Waals surface area (Å²) >= 11 is 0. The number of carbonyl (C=O) groups excluding carboxylic acids is 2. The molecule has 0 aromatic heterocycles. The predicted octanol–water partition coefficient (Wildman–Crippen LogP) is 2.30. The molecule has 0 saturated carbocycles. The first-order valence-electron chi connectivity index (χ1n) is 8.36. The van der Waals surface area contributed by atoms with Gasteiger partial charge in [-0.1, -0.05) is 6.92 Å². The lowest BCUT2D eigenvalue weighted by Gasteiger charge is -2.32. The van der Waals surface area contributed by atoms with Gasteiger partial charge >= 0.3 is 11.9 Å². The average Bonchev–Trinajstić information content (AvgIpc) is 2.99. The van der Waals surface area contributed by atoms with Gasteiger partial charge in [-0.25, -0.2) is 9.59 Å². The van der Waals surface area contributed by atoms with E-state index in [0.29, 0.717) is 18.0 Å². The lowest BCUT2D eigenvalue weighted by atomic mass is 9.99. The van der Waals surface area contributed by atoms with Crippen LogP contribution >= 0.6 is 0 Å². The number of ether oxygens (including phenoxy) is 2. The molecular formula is C17H20N2O6. The van der Waals surface area contributed by atoms with Crippen LogP contribution in [0.2, 0.25) is 0 Å². The highest BCUT2D eigenvalue weighted by atomic mass is 16.6. The van der Waals surface area contributed by atoms with Crippen molar-refractivity contribution in [2.75, 3.05) is 24.6 Å². The van der Waals surface area contributed by atoms with Crippen LogP contribution in [0.4, 0.5) is 11.4 Å². The number of esters is 2. The number of piperidine rings is 1. The van der Waals surface area contributed by atoms with E-state index in [2.05, 4.69) is 6.92 Å². The van der Waals surface area contributed by atoms with Gasteiger partial charge in [0.15, 0.2) is 0 Å². The zero-order valence-electron chi connectivity index (χ0n) is 14.0. The number of anilines is 1. The Balaban J connectivity index is 1.82. The average molecular weight is 348 g/mol. The summed E-state index contributed by atoms with van der Waals surface area (Å²) < 4.78 is 9.84. The van der Waals surface area contributed by atoms with Gasteiger partial charge in [0.25, 0.3) is 5.69 Å². The summed E-state index contributed by atoms with van der Waals surface area (Å²) in [7, 11) is 0. The fraction of sp³-hybridized carbons (Fsp3) is 0.529. The molecule has 3 rings (SSSR count). The molecule has 2 aliphatic rings. The summed E-state index contributed by atoms with van der Waals surface area (Å²) in [6.07, 6.45) is 1.45. The van der Waals surface area contributed by atoms with Crippen molar-refractivity contribution in [3.63, 3.8) is 0 Å². The Morgan fingerprint density at radius 2 is 2.20 bits per heavy atom. The van der Waals surface area contributed by atoms with E-state index in [1.807, 2.05) is 4.90 Å². The van der Waals surface area contributed by atoms with Crippen LogP contribution in [-0.2, 0) is 14.3 Å². The number of cyclic esters (lactones) is 1. The van der Waals surface area contributed by atoms with Crippen LogP contribution in [0.5, 0.6) is 0 Å². The molecule has 0 bridgehead atoms. The predicted molar refractivity (Wildman–Crippen MR) is 88.5 cm³/mol. The van der Waals surface area contributed by atoms with E-state index in [0.717, 1.165) is 25.9 Å². The summed E-state index contributed by atoms with van der Waals surface area (Å²) in [6.45, 7) is 3.83. The number of benzene rings is 1. The normalized spacial score (nSPS) is 23.2. The van der Waals surface area contributed by atoms with Crippen molar-refractivity contribution in [3.8, 4) is 0 Å². The van der Waals surface area contributed by atoms with Crippen molar-refractivity contribution in [1.82, 2.24) is 0 Å². The molecule has 2 heterocycles. The molecular weight excluding hydrogens is 328 g/mol. The topological polar surface area (TPSA) is 99.0 Å². The third-order valence-corrected chi connectivity index (χ3v) is 4.54. The molecule has 0 radical (unpaired) electrons. The van der Waals surface area contributed by atoms with Gasteiger partial charge in [0.2, 0.25) is 6.10 Å². The number of hydrogen-bond donors (Lipinski definition) is 0. The van der Waals surface area contributed by atoms with Crippen LogP contribution in [0.1, 0.15) is 36.5 Å². The molecule has 134 valence electrons. The molecule has 0 N–H and O–H groups in total. The van der Waals surface area contributed by atoms with Gasteiger partial charge in [-0.3, -0.25) is 10.1 Å². The molecule has 2 fully saturated rings. The fourth-order valence-electron chi connectivity index (χ4n) is 3.25. The second-order valence-corrected chi connectivity index (χ2v) is 6.50. The molecule has 8 heteroatoms. The van der Waals surface area contributed by atoms with Crippen molar-refractivity contribution in [2.45, 2.75) is 32.3 Å².